The molecule has 0 spiro atoms. The predicted molar refractivity (Wildman–Crippen MR) is 112 cm³/mol. The van der Waals surface area contributed by atoms with Crippen molar-refractivity contribution in [1.29, 1.82) is 0 Å². The van der Waals surface area contributed by atoms with E-state index < -0.39 is 48.1 Å². The van der Waals surface area contributed by atoms with E-state index in [9.17, 15) is 32.1 Å². The van der Waals surface area contributed by atoms with Crippen LogP contribution < -0.4 is 0 Å². The van der Waals surface area contributed by atoms with Gasteiger partial charge in [-0.05, 0) is 24.3 Å². The molecule has 12 nitrogen and oxygen atoms in total. The summed E-state index contributed by atoms with van der Waals surface area (Å²) < 4.78 is 58.2. The number of phenols is 1. The maximum Gasteiger partial charge on any atom is 0.397 e. The molecular formula is C18H15N3O9S2. The molecule has 0 heterocycles. The largest absolute Gasteiger partial charge is 0.507 e. The average molecular weight is 481 g/mol. The summed E-state index contributed by atoms with van der Waals surface area (Å²) in [4.78, 5) is 10.2. The van der Waals surface area contributed by atoms with Gasteiger partial charge in [-0.2, -0.15) is 8.42 Å². The molecule has 0 saturated heterocycles. The molecule has 0 aromatic heterocycles. The van der Waals surface area contributed by atoms with Gasteiger partial charge < -0.3 is 5.11 Å². The summed E-state index contributed by atoms with van der Waals surface area (Å²) in [5, 5.41) is 30.3. The van der Waals surface area contributed by atoms with E-state index >= 15 is 0 Å². The number of phenolic OH excluding ortho intramolecular Hbond substituents is 1. The average Bonchev–Trinajstić information content (AvgIpc) is 2.72. The SMILES string of the molecule is O=[N+]([O-])c1cc(S(=O)(=O)CCOS(=O)(=O)O)ccc1N=Nc1ccc(O)c2ccccc12. The molecule has 3 aromatic rings. The minimum absolute atomic E-state index is 0.0260. The third-order valence-corrected chi connectivity index (χ3v) is 6.37. The molecule has 14 heteroatoms. The van der Waals surface area contributed by atoms with Crippen LogP contribution in [0.2, 0.25) is 0 Å². The van der Waals surface area contributed by atoms with Gasteiger partial charge in [-0.15, -0.1) is 10.2 Å². The zero-order valence-corrected chi connectivity index (χ0v) is 17.7. The molecule has 3 aromatic carbocycles. The number of sulfone groups is 1. The van der Waals surface area contributed by atoms with E-state index in [1.807, 2.05) is 0 Å². The van der Waals surface area contributed by atoms with Gasteiger partial charge in [-0.3, -0.25) is 14.7 Å². The molecule has 3 rings (SSSR count). The van der Waals surface area contributed by atoms with Crippen LogP contribution in [0.25, 0.3) is 10.8 Å². The fraction of sp³-hybridized carbons (Fsp3) is 0.111. The van der Waals surface area contributed by atoms with E-state index in [4.69, 9.17) is 4.55 Å². The summed E-state index contributed by atoms with van der Waals surface area (Å²) >= 11 is 0. The van der Waals surface area contributed by atoms with E-state index in [0.717, 1.165) is 18.2 Å². The molecular weight excluding hydrogens is 466 g/mol. The summed E-state index contributed by atoms with van der Waals surface area (Å²) in [6.07, 6.45) is 0. The van der Waals surface area contributed by atoms with Gasteiger partial charge in [0.25, 0.3) is 5.69 Å². The van der Waals surface area contributed by atoms with Crippen molar-refractivity contribution >= 4 is 48.1 Å². The van der Waals surface area contributed by atoms with Crippen molar-refractivity contribution in [2.75, 3.05) is 12.4 Å². The van der Waals surface area contributed by atoms with Crippen LogP contribution in [0.4, 0.5) is 17.1 Å². The van der Waals surface area contributed by atoms with E-state index in [1.54, 1.807) is 24.3 Å². The van der Waals surface area contributed by atoms with Crippen molar-refractivity contribution in [2.45, 2.75) is 4.90 Å². The number of nitrogens with zero attached hydrogens (tertiary/aromatic N) is 3. The molecule has 0 radical (unpaired) electrons. The zero-order valence-electron chi connectivity index (χ0n) is 16.0. The Balaban J connectivity index is 1.94. The number of nitro benzene ring substituents is 1. The van der Waals surface area contributed by atoms with E-state index in [2.05, 4.69) is 14.4 Å². The van der Waals surface area contributed by atoms with Crippen LogP contribution in [0.15, 0.2) is 69.7 Å². The first-order chi connectivity index (χ1) is 15.0. The Hall–Kier alpha value is -3.46. The molecule has 0 aliphatic carbocycles. The monoisotopic (exact) mass is 481 g/mol. The van der Waals surface area contributed by atoms with Gasteiger partial charge in [0, 0.05) is 16.8 Å². The molecule has 0 bridgehead atoms. The molecule has 168 valence electrons. The summed E-state index contributed by atoms with van der Waals surface area (Å²) in [5.74, 6) is -0.817. The number of azo groups is 1. The number of hydrogen-bond donors (Lipinski definition) is 2. The second kappa shape index (κ2) is 8.96. The molecule has 32 heavy (non-hydrogen) atoms. The summed E-state index contributed by atoms with van der Waals surface area (Å²) in [7, 11) is -8.99. The van der Waals surface area contributed by atoms with Crippen LogP contribution >= 0.6 is 0 Å². The fourth-order valence-electron chi connectivity index (χ4n) is 2.76. The lowest BCUT2D eigenvalue weighted by atomic mass is 10.1. The Morgan fingerprint density at radius 3 is 2.22 bits per heavy atom. The maximum absolute atomic E-state index is 12.3. The van der Waals surface area contributed by atoms with Crippen molar-refractivity contribution in [1.82, 2.24) is 0 Å². The maximum atomic E-state index is 12.3. The van der Waals surface area contributed by atoms with E-state index in [0.29, 0.717) is 16.5 Å². The molecule has 0 unspecified atom stereocenters. The van der Waals surface area contributed by atoms with Crippen LogP contribution in [0.5, 0.6) is 5.75 Å². The van der Waals surface area contributed by atoms with Crippen LogP contribution in [-0.2, 0) is 24.4 Å². The van der Waals surface area contributed by atoms with Crippen molar-refractivity contribution < 1.29 is 35.6 Å². The smallest absolute Gasteiger partial charge is 0.397 e. The van der Waals surface area contributed by atoms with Crippen LogP contribution in [-0.4, -0.2) is 43.8 Å². The number of nitro groups is 1. The number of rotatable bonds is 8. The molecule has 0 amide bonds. The normalized spacial score (nSPS) is 12.4. The lowest BCUT2D eigenvalue weighted by molar-refractivity contribution is -0.384. The first-order valence-corrected chi connectivity index (χ1v) is 11.8. The van der Waals surface area contributed by atoms with Gasteiger partial charge in [0.2, 0.25) is 0 Å². The Morgan fingerprint density at radius 1 is 0.938 bits per heavy atom. The molecule has 0 aliphatic heterocycles. The topological polar surface area (TPSA) is 186 Å². The standard InChI is InChI=1S/C18H15N3O9S2/c22-18-8-7-15(13-3-1-2-4-14(13)18)19-20-16-6-5-12(11-17(16)21(23)24)31(25,26)10-9-30-32(27,28)29/h1-8,11,22H,9-10H2,(H,27,28,29). The van der Waals surface area contributed by atoms with E-state index in [-0.39, 0.29) is 11.4 Å². The van der Waals surface area contributed by atoms with Gasteiger partial charge in [0.15, 0.2) is 15.5 Å². The quantitative estimate of drug-likeness (QED) is 0.210. The second-order valence-corrected chi connectivity index (χ2v) is 9.53. The zero-order chi connectivity index (χ0) is 23.5. The Labute approximate surface area is 181 Å². The van der Waals surface area contributed by atoms with Crippen LogP contribution in [0.1, 0.15) is 0 Å². The predicted octanol–water partition coefficient (Wildman–Crippen LogP) is 3.46. The van der Waals surface area contributed by atoms with Gasteiger partial charge in [-0.1, -0.05) is 24.3 Å². The fourth-order valence-corrected chi connectivity index (χ4v) is 4.26. The van der Waals surface area contributed by atoms with Crippen molar-refractivity contribution in [3.05, 3.63) is 64.7 Å². The van der Waals surface area contributed by atoms with Crippen molar-refractivity contribution in [3.63, 3.8) is 0 Å². The number of hydrogen-bond acceptors (Lipinski definition) is 10. The van der Waals surface area contributed by atoms with Gasteiger partial charge in [-0.25, -0.2) is 12.6 Å². The van der Waals surface area contributed by atoms with Gasteiger partial charge in [0.05, 0.1) is 27.9 Å². The molecule has 0 atom stereocenters. The first kappa shape index (κ1) is 23.2. The molecule has 0 fully saturated rings. The lowest BCUT2D eigenvalue weighted by Crippen LogP contribution is -2.15. The highest BCUT2D eigenvalue weighted by atomic mass is 32.3. The number of benzene rings is 3. The van der Waals surface area contributed by atoms with Crippen molar-refractivity contribution in [3.8, 4) is 5.75 Å². The highest BCUT2D eigenvalue weighted by Gasteiger charge is 2.22. The Morgan fingerprint density at radius 2 is 1.56 bits per heavy atom. The van der Waals surface area contributed by atoms with Crippen LogP contribution in [0.3, 0.4) is 0 Å². The minimum Gasteiger partial charge on any atom is -0.507 e. The number of fused-ring (bicyclic) bond motifs is 1. The molecule has 0 saturated carbocycles. The highest BCUT2D eigenvalue weighted by Crippen LogP contribution is 2.35. The van der Waals surface area contributed by atoms with Gasteiger partial charge in [0.1, 0.15) is 5.75 Å². The Bertz CT molecular complexity index is 1440. The van der Waals surface area contributed by atoms with Crippen LogP contribution in [0, 0.1) is 10.1 Å². The number of aromatic hydroxyl groups is 1. The first-order valence-electron chi connectivity index (χ1n) is 8.73. The third-order valence-electron chi connectivity index (χ3n) is 4.23. The lowest BCUT2D eigenvalue weighted by Gasteiger charge is -2.06. The summed E-state index contributed by atoms with van der Waals surface area (Å²) in [6.45, 7) is -0.871. The van der Waals surface area contributed by atoms with Crippen molar-refractivity contribution in [2.24, 2.45) is 10.2 Å². The third kappa shape index (κ3) is 5.42. The summed E-state index contributed by atoms with van der Waals surface area (Å²) in [6, 6.07) is 12.6. The molecule has 0 aliphatic rings. The minimum atomic E-state index is -4.82. The summed E-state index contributed by atoms with van der Waals surface area (Å²) in [5.41, 5.74) is -0.541. The van der Waals surface area contributed by atoms with E-state index in [1.165, 1.54) is 12.1 Å². The van der Waals surface area contributed by atoms with Gasteiger partial charge >= 0.3 is 10.4 Å². The highest BCUT2D eigenvalue weighted by molar-refractivity contribution is 7.91. The Kier molecular flexibility index (Phi) is 6.50. The molecule has 2 N–H and O–H groups in total. The second-order valence-electron chi connectivity index (χ2n) is 6.33.